The zero-order chi connectivity index (χ0) is 11.7. The van der Waals surface area contributed by atoms with E-state index in [4.69, 9.17) is 0 Å². The molecule has 0 atom stereocenters. The molecule has 0 saturated heterocycles. The van der Waals surface area contributed by atoms with Gasteiger partial charge in [0.25, 0.3) is 5.91 Å². The molecule has 2 aromatic heterocycles. The first-order chi connectivity index (χ1) is 8.34. The lowest BCUT2D eigenvalue weighted by Crippen LogP contribution is -2.35. The predicted octanol–water partition coefficient (Wildman–Crippen LogP) is 2.34. The van der Waals surface area contributed by atoms with E-state index in [1.54, 1.807) is 35.9 Å². The number of hydrogen-bond donors (Lipinski definition) is 0. The van der Waals surface area contributed by atoms with Crippen LogP contribution in [0.1, 0.15) is 20.8 Å². The molecular formula is C13H12N2OS. The zero-order valence-corrected chi connectivity index (χ0v) is 10.1. The van der Waals surface area contributed by atoms with Gasteiger partial charge in [-0.25, -0.2) is 0 Å². The predicted molar refractivity (Wildman–Crippen MR) is 67.0 cm³/mol. The fraction of sp³-hybridized carbons (Fsp3) is 0.231. The molecule has 3 nitrogen and oxygen atoms in total. The van der Waals surface area contributed by atoms with Crippen molar-refractivity contribution >= 4 is 17.2 Å². The SMILES string of the molecule is O=C(c1ccncc1)N1CCc2sccc2C1. The van der Waals surface area contributed by atoms with Crippen molar-refractivity contribution < 1.29 is 4.79 Å². The van der Waals surface area contributed by atoms with Crippen molar-refractivity contribution in [3.05, 3.63) is 52.0 Å². The van der Waals surface area contributed by atoms with Crippen molar-refractivity contribution in [2.24, 2.45) is 0 Å². The van der Waals surface area contributed by atoms with Gasteiger partial charge in [-0.1, -0.05) is 0 Å². The second kappa shape index (κ2) is 4.30. The lowest BCUT2D eigenvalue weighted by molar-refractivity contribution is 0.0736. The molecular weight excluding hydrogens is 232 g/mol. The lowest BCUT2D eigenvalue weighted by Gasteiger charge is -2.27. The number of hydrogen-bond acceptors (Lipinski definition) is 3. The smallest absolute Gasteiger partial charge is 0.254 e. The molecule has 0 N–H and O–H groups in total. The quantitative estimate of drug-likeness (QED) is 0.771. The largest absolute Gasteiger partial charge is 0.334 e. The minimum Gasteiger partial charge on any atom is -0.334 e. The second-order valence-corrected chi connectivity index (χ2v) is 5.08. The Hall–Kier alpha value is -1.68. The van der Waals surface area contributed by atoms with Crippen molar-refractivity contribution in [3.63, 3.8) is 0 Å². The Morgan fingerprint density at radius 1 is 1.29 bits per heavy atom. The van der Waals surface area contributed by atoms with Crippen LogP contribution in [0.3, 0.4) is 0 Å². The van der Waals surface area contributed by atoms with E-state index in [-0.39, 0.29) is 5.91 Å². The summed E-state index contributed by atoms with van der Waals surface area (Å²) >= 11 is 1.79. The van der Waals surface area contributed by atoms with Gasteiger partial charge in [0.15, 0.2) is 0 Å². The summed E-state index contributed by atoms with van der Waals surface area (Å²) in [6.07, 6.45) is 4.30. The van der Waals surface area contributed by atoms with E-state index in [0.29, 0.717) is 0 Å². The maximum Gasteiger partial charge on any atom is 0.254 e. The molecule has 0 spiro atoms. The Kier molecular flexibility index (Phi) is 2.65. The van der Waals surface area contributed by atoms with E-state index >= 15 is 0 Å². The fourth-order valence-electron chi connectivity index (χ4n) is 2.10. The first kappa shape index (κ1) is 10.5. The van der Waals surface area contributed by atoms with E-state index in [9.17, 15) is 4.79 Å². The summed E-state index contributed by atoms with van der Waals surface area (Å²) in [6, 6.07) is 5.66. The molecule has 86 valence electrons. The minimum absolute atomic E-state index is 0.101. The summed E-state index contributed by atoms with van der Waals surface area (Å²) in [5, 5.41) is 2.10. The number of amides is 1. The summed E-state index contributed by atoms with van der Waals surface area (Å²) in [7, 11) is 0. The molecule has 0 radical (unpaired) electrons. The zero-order valence-electron chi connectivity index (χ0n) is 9.30. The Balaban J connectivity index is 1.81. The molecule has 0 saturated carbocycles. The van der Waals surface area contributed by atoms with E-state index < -0.39 is 0 Å². The topological polar surface area (TPSA) is 33.2 Å². The molecule has 0 unspecified atom stereocenters. The molecule has 3 rings (SSSR count). The number of aromatic nitrogens is 1. The van der Waals surface area contributed by atoms with Gasteiger partial charge < -0.3 is 4.90 Å². The molecule has 1 aliphatic heterocycles. The Bertz CT molecular complexity index is 535. The standard InChI is InChI=1S/C13H12N2OS/c16-13(10-1-5-14-6-2-10)15-7-3-12-11(9-15)4-8-17-12/h1-2,4-6,8H,3,7,9H2. The molecule has 3 heterocycles. The van der Waals surface area contributed by atoms with Crippen LogP contribution in [0.15, 0.2) is 36.0 Å². The number of thiophene rings is 1. The van der Waals surface area contributed by atoms with E-state index in [2.05, 4.69) is 16.4 Å². The minimum atomic E-state index is 0.101. The lowest BCUT2D eigenvalue weighted by atomic mass is 10.1. The molecule has 2 aromatic rings. The van der Waals surface area contributed by atoms with Gasteiger partial charge in [-0.3, -0.25) is 9.78 Å². The molecule has 0 aliphatic carbocycles. The van der Waals surface area contributed by atoms with Crippen molar-refractivity contribution in [3.8, 4) is 0 Å². The number of carbonyl (C=O) groups excluding carboxylic acids is 1. The molecule has 4 heteroatoms. The fourth-order valence-corrected chi connectivity index (χ4v) is 2.99. The van der Waals surface area contributed by atoms with Crippen LogP contribution >= 0.6 is 11.3 Å². The molecule has 0 bridgehead atoms. The summed E-state index contributed by atoms with van der Waals surface area (Å²) in [6.45, 7) is 1.55. The van der Waals surface area contributed by atoms with Gasteiger partial charge in [0.05, 0.1) is 0 Å². The first-order valence-electron chi connectivity index (χ1n) is 5.59. The van der Waals surface area contributed by atoms with Crippen LogP contribution in [0, 0.1) is 0 Å². The van der Waals surface area contributed by atoms with E-state index in [0.717, 1.165) is 25.1 Å². The second-order valence-electron chi connectivity index (χ2n) is 4.08. The van der Waals surface area contributed by atoms with Gasteiger partial charge in [-0.15, -0.1) is 11.3 Å². The first-order valence-corrected chi connectivity index (χ1v) is 6.47. The summed E-state index contributed by atoms with van der Waals surface area (Å²) in [5.74, 6) is 0.101. The number of fused-ring (bicyclic) bond motifs is 1. The molecule has 1 aliphatic rings. The molecule has 0 aromatic carbocycles. The van der Waals surface area contributed by atoms with Gasteiger partial charge in [0.2, 0.25) is 0 Å². The van der Waals surface area contributed by atoms with Crippen molar-refractivity contribution in [2.45, 2.75) is 13.0 Å². The highest BCUT2D eigenvalue weighted by Crippen LogP contribution is 2.24. The van der Waals surface area contributed by atoms with Crippen LogP contribution in [0.2, 0.25) is 0 Å². The average molecular weight is 244 g/mol. The van der Waals surface area contributed by atoms with Gasteiger partial charge in [0.1, 0.15) is 0 Å². The third kappa shape index (κ3) is 1.96. The van der Waals surface area contributed by atoms with Crippen molar-refractivity contribution in [1.29, 1.82) is 0 Å². The summed E-state index contributed by atoms with van der Waals surface area (Å²) in [5.41, 5.74) is 2.02. The Morgan fingerprint density at radius 2 is 2.12 bits per heavy atom. The van der Waals surface area contributed by atoms with Gasteiger partial charge in [-0.05, 0) is 35.6 Å². The number of nitrogens with zero attached hydrogens (tertiary/aromatic N) is 2. The van der Waals surface area contributed by atoms with Crippen LogP contribution in [0.4, 0.5) is 0 Å². The molecule has 0 fully saturated rings. The van der Waals surface area contributed by atoms with Crippen molar-refractivity contribution in [2.75, 3.05) is 6.54 Å². The van der Waals surface area contributed by atoms with Crippen LogP contribution in [-0.2, 0) is 13.0 Å². The third-order valence-corrected chi connectivity index (χ3v) is 4.05. The molecule has 17 heavy (non-hydrogen) atoms. The Labute approximate surface area is 104 Å². The highest BCUT2D eigenvalue weighted by molar-refractivity contribution is 7.10. The summed E-state index contributed by atoms with van der Waals surface area (Å²) < 4.78 is 0. The van der Waals surface area contributed by atoms with Crippen LogP contribution in [0.25, 0.3) is 0 Å². The maximum absolute atomic E-state index is 12.2. The van der Waals surface area contributed by atoms with Gasteiger partial charge in [0, 0.05) is 35.9 Å². The number of rotatable bonds is 1. The average Bonchev–Trinajstić information content (AvgIpc) is 2.86. The van der Waals surface area contributed by atoms with E-state index in [1.807, 2.05) is 4.90 Å². The summed E-state index contributed by atoms with van der Waals surface area (Å²) in [4.78, 5) is 19.5. The normalized spacial score (nSPS) is 14.5. The number of carbonyl (C=O) groups is 1. The van der Waals surface area contributed by atoms with Crippen molar-refractivity contribution in [1.82, 2.24) is 9.88 Å². The highest BCUT2D eigenvalue weighted by Gasteiger charge is 2.22. The molecule has 1 amide bonds. The Morgan fingerprint density at radius 3 is 2.94 bits per heavy atom. The van der Waals surface area contributed by atoms with Crippen LogP contribution < -0.4 is 0 Å². The van der Waals surface area contributed by atoms with Gasteiger partial charge in [-0.2, -0.15) is 0 Å². The number of pyridine rings is 1. The monoisotopic (exact) mass is 244 g/mol. The van der Waals surface area contributed by atoms with E-state index in [1.165, 1.54) is 10.4 Å². The highest BCUT2D eigenvalue weighted by atomic mass is 32.1. The van der Waals surface area contributed by atoms with Crippen LogP contribution in [-0.4, -0.2) is 22.3 Å². The third-order valence-electron chi connectivity index (χ3n) is 3.02. The van der Waals surface area contributed by atoms with Crippen LogP contribution in [0.5, 0.6) is 0 Å². The van der Waals surface area contributed by atoms with Gasteiger partial charge >= 0.3 is 0 Å². The maximum atomic E-state index is 12.2.